The van der Waals surface area contributed by atoms with Crippen LogP contribution in [0.4, 0.5) is 0 Å². The lowest BCUT2D eigenvalue weighted by atomic mass is 10.3. The van der Waals surface area contributed by atoms with Gasteiger partial charge in [-0.3, -0.25) is 0 Å². The lowest BCUT2D eigenvalue weighted by Gasteiger charge is -2.20. The maximum absolute atomic E-state index is 5.77. The van der Waals surface area contributed by atoms with Crippen molar-refractivity contribution in [2.75, 3.05) is 52.4 Å². The van der Waals surface area contributed by atoms with Crippen molar-refractivity contribution < 1.29 is 9.47 Å². The summed E-state index contributed by atoms with van der Waals surface area (Å²) in [5, 5.41) is 0. The Balaban J connectivity index is 3.36. The molecule has 0 N–H and O–H groups in total. The second kappa shape index (κ2) is 13.2. The first-order valence-electron chi connectivity index (χ1n) is 6.20. The van der Waals surface area contributed by atoms with E-state index >= 15 is 0 Å². The normalized spacial score (nSPS) is 11.2. The number of halogens is 1. The van der Waals surface area contributed by atoms with E-state index in [1.165, 1.54) is 12.8 Å². The molecule has 0 aromatic rings. The van der Waals surface area contributed by atoms with Gasteiger partial charge in [0.1, 0.15) is 0 Å². The minimum absolute atomic E-state index is 0.682. The number of nitrogens with zero attached hydrogens (tertiary/aromatic N) is 1. The van der Waals surface area contributed by atoms with Crippen molar-refractivity contribution >= 4 is 11.6 Å². The maximum Gasteiger partial charge on any atom is 0.0700 e. The Morgan fingerprint density at radius 2 is 1.75 bits per heavy atom. The number of alkyl halides is 1. The van der Waals surface area contributed by atoms with Gasteiger partial charge in [0, 0.05) is 32.7 Å². The van der Waals surface area contributed by atoms with Crippen molar-refractivity contribution in [2.24, 2.45) is 0 Å². The summed E-state index contributed by atoms with van der Waals surface area (Å²) in [5.74, 6) is 0.717. The highest BCUT2D eigenvalue weighted by molar-refractivity contribution is 6.18. The third kappa shape index (κ3) is 10.7. The maximum atomic E-state index is 5.77. The molecular formula is C12H26ClNO2. The van der Waals surface area contributed by atoms with Gasteiger partial charge >= 0.3 is 0 Å². The van der Waals surface area contributed by atoms with Crippen molar-refractivity contribution in [3.63, 3.8) is 0 Å². The third-order valence-corrected chi connectivity index (χ3v) is 2.59. The molecule has 3 nitrogen and oxygen atoms in total. The molecule has 0 heterocycles. The zero-order chi connectivity index (χ0) is 12.1. The van der Waals surface area contributed by atoms with E-state index in [0.717, 1.165) is 32.7 Å². The lowest BCUT2D eigenvalue weighted by Crippen LogP contribution is -2.28. The van der Waals surface area contributed by atoms with Gasteiger partial charge in [-0.05, 0) is 19.4 Å². The minimum atomic E-state index is 0.682. The number of hydrogen-bond acceptors (Lipinski definition) is 3. The number of unbranched alkanes of at least 4 members (excludes halogenated alkanes) is 1. The molecule has 0 spiro atoms. The van der Waals surface area contributed by atoms with Gasteiger partial charge in [-0.15, -0.1) is 11.6 Å². The van der Waals surface area contributed by atoms with Gasteiger partial charge in [0.25, 0.3) is 0 Å². The molecule has 0 aromatic heterocycles. The molecule has 0 saturated heterocycles. The molecule has 0 aliphatic heterocycles. The molecule has 0 bridgehead atoms. The largest absolute Gasteiger partial charge is 0.382 e. The average molecular weight is 252 g/mol. The smallest absolute Gasteiger partial charge is 0.0700 e. The van der Waals surface area contributed by atoms with Crippen molar-refractivity contribution in [2.45, 2.75) is 26.2 Å². The summed E-state index contributed by atoms with van der Waals surface area (Å²) in [6.45, 7) is 7.63. The van der Waals surface area contributed by atoms with Gasteiger partial charge in [0.2, 0.25) is 0 Å². The summed E-state index contributed by atoms with van der Waals surface area (Å²) in [7, 11) is 1.69. The van der Waals surface area contributed by atoms with E-state index in [-0.39, 0.29) is 0 Å². The molecule has 16 heavy (non-hydrogen) atoms. The molecule has 0 aliphatic carbocycles. The van der Waals surface area contributed by atoms with Crippen molar-refractivity contribution in [1.82, 2.24) is 4.90 Å². The molecule has 0 radical (unpaired) electrons. The van der Waals surface area contributed by atoms with Gasteiger partial charge in [-0.1, -0.05) is 13.3 Å². The zero-order valence-corrected chi connectivity index (χ0v) is 11.5. The van der Waals surface area contributed by atoms with Gasteiger partial charge < -0.3 is 14.4 Å². The van der Waals surface area contributed by atoms with Crippen LogP contribution in [0.25, 0.3) is 0 Å². The zero-order valence-electron chi connectivity index (χ0n) is 10.7. The van der Waals surface area contributed by atoms with Crippen LogP contribution < -0.4 is 0 Å². The standard InChI is InChI=1S/C12H26ClNO2/c1-3-4-7-14(9-6-13)8-5-10-16-12-11-15-2/h3-12H2,1-2H3. The fraction of sp³-hybridized carbons (Fsp3) is 1.00. The highest BCUT2D eigenvalue weighted by Gasteiger charge is 2.02. The summed E-state index contributed by atoms with van der Waals surface area (Å²) in [4.78, 5) is 2.41. The van der Waals surface area contributed by atoms with E-state index in [9.17, 15) is 0 Å². The molecule has 0 unspecified atom stereocenters. The van der Waals surface area contributed by atoms with E-state index in [1.807, 2.05) is 0 Å². The first kappa shape index (κ1) is 16.2. The molecule has 0 rings (SSSR count). The summed E-state index contributed by atoms with van der Waals surface area (Å²) in [6.07, 6.45) is 3.56. The predicted molar refractivity (Wildman–Crippen MR) is 69.4 cm³/mol. The van der Waals surface area contributed by atoms with Gasteiger partial charge in [0.05, 0.1) is 13.2 Å². The van der Waals surface area contributed by atoms with Crippen molar-refractivity contribution in [3.05, 3.63) is 0 Å². The van der Waals surface area contributed by atoms with Crippen LogP contribution in [-0.4, -0.2) is 57.3 Å². The molecule has 0 saturated carbocycles. The fourth-order valence-electron chi connectivity index (χ4n) is 1.47. The van der Waals surface area contributed by atoms with Crippen LogP contribution in [0.1, 0.15) is 26.2 Å². The van der Waals surface area contributed by atoms with Crippen molar-refractivity contribution in [3.8, 4) is 0 Å². The number of methoxy groups -OCH3 is 1. The Morgan fingerprint density at radius 1 is 1.00 bits per heavy atom. The van der Waals surface area contributed by atoms with E-state index in [1.54, 1.807) is 7.11 Å². The van der Waals surface area contributed by atoms with E-state index < -0.39 is 0 Å². The molecule has 98 valence electrons. The highest BCUT2D eigenvalue weighted by atomic mass is 35.5. The first-order chi connectivity index (χ1) is 7.85. The summed E-state index contributed by atoms with van der Waals surface area (Å²) >= 11 is 5.77. The minimum Gasteiger partial charge on any atom is -0.382 e. The van der Waals surface area contributed by atoms with E-state index in [2.05, 4.69) is 11.8 Å². The van der Waals surface area contributed by atoms with Gasteiger partial charge in [-0.2, -0.15) is 0 Å². The first-order valence-corrected chi connectivity index (χ1v) is 6.73. The quantitative estimate of drug-likeness (QED) is 0.393. The topological polar surface area (TPSA) is 21.7 Å². The van der Waals surface area contributed by atoms with Crippen LogP contribution in [0, 0.1) is 0 Å². The average Bonchev–Trinajstić information content (AvgIpc) is 2.30. The van der Waals surface area contributed by atoms with Crippen LogP contribution in [0.5, 0.6) is 0 Å². The molecule has 0 amide bonds. The highest BCUT2D eigenvalue weighted by Crippen LogP contribution is 1.98. The molecule has 4 heteroatoms. The third-order valence-electron chi connectivity index (χ3n) is 2.42. The van der Waals surface area contributed by atoms with Crippen LogP contribution in [0.3, 0.4) is 0 Å². The molecular weight excluding hydrogens is 226 g/mol. The fourth-order valence-corrected chi connectivity index (χ4v) is 1.71. The molecule has 0 aromatic carbocycles. The second-order valence-corrected chi connectivity index (χ2v) is 4.22. The SMILES string of the molecule is CCCCN(CCCl)CCCOCCOC. The van der Waals surface area contributed by atoms with Crippen LogP contribution in [0.15, 0.2) is 0 Å². The van der Waals surface area contributed by atoms with E-state index in [4.69, 9.17) is 21.1 Å². The molecule has 0 atom stereocenters. The van der Waals surface area contributed by atoms with Crippen LogP contribution in [-0.2, 0) is 9.47 Å². The van der Waals surface area contributed by atoms with E-state index in [0.29, 0.717) is 19.1 Å². The van der Waals surface area contributed by atoms with Gasteiger partial charge in [-0.25, -0.2) is 0 Å². The monoisotopic (exact) mass is 251 g/mol. The Labute approximate surface area is 105 Å². The number of rotatable bonds is 12. The lowest BCUT2D eigenvalue weighted by molar-refractivity contribution is 0.0654. The van der Waals surface area contributed by atoms with Crippen LogP contribution in [0.2, 0.25) is 0 Å². The summed E-state index contributed by atoms with van der Waals surface area (Å²) < 4.78 is 10.3. The number of ether oxygens (including phenoxy) is 2. The van der Waals surface area contributed by atoms with Crippen LogP contribution >= 0.6 is 11.6 Å². The molecule has 0 fully saturated rings. The Bertz CT molecular complexity index is 136. The van der Waals surface area contributed by atoms with Crippen molar-refractivity contribution in [1.29, 1.82) is 0 Å². The Morgan fingerprint density at radius 3 is 2.38 bits per heavy atom. The summed E-state index contributed by atoms with van der Waals surface area (Å²) in [6, 6.07) is 0. The Hall–Kier alpha value is 0.170. The Kier molecular flexibility index (Phi) is 13.4. The second-order valence-electron chi connectivity index (χ2n) is 3.84. The van der Waals surface area contributed by atoms with Gasteiger partial charge in [0.15, 0.2) is 0 Å². The molecule has 0 aliphatic rings. The summed E-state index contributed by atoms with van der Waals surface area (Å²) in [5.41, 5.74) is 0. The predicted octanol–water partition coefficient (Wildman–Crippen LogP) is 2.38. The number of hydrogen-bond donors (Lipinski definition) is 0.